The summed E-state index contributed by atoms with van der Waals surface area (Å²) < 4.78 is 1.83. The van der Waals surface area contributed by atoms with Gasteiger partial charge in [0.15, 0.2) is 11.8 Å². The van der Waals surface area contributed by atoms with Crippen molar-refractivity contribution in [1.29, 1.82) is 0 Å². The molecule has 1 aromatic rings. The summed E-state index contributed by atoms with van der Waals surface area (Å²) in [6.45, 7) is 4.95. The number of anilines is 1. The van der Waals surface area contributed by atoms with Crippen LogP contribution in [-0.2, 0) is 7.05 Å². The molecule has 0 saturated carbocycles. The predicted octanol–water partition coefficient (Wildman–Crippen LogP) is 0.488. The predicted molar refractivity (Wildman–Crippen MR) is 56.5 cm³/mol. The molecule has 0 amide bonds. The minimum atomic E-state index is 0.419. The Balaban J connectivity index is 2.04. The van der Waals surface area contributed by atoms with E-state index in [0.29, 0.717) is 6.04 Å². The van der Waals surface area contributed by atoms with E-state index in [-0.39, 0.29) is 0 Å². The van der Waals surface area contributed by atoms with E-state index in [2.05, 4.69) is 27.6 Å². The first-order chi connectivity index (χ1) is 6.65. The van der Waals surface area contributed by atoms with Crippen molar-refractivity contribution in [2.75, 3.05) is 11.9 Å². The van der Waals surface area contributed by atoms with Crippen molar-refractivity contribution in [3.8, 4) is 0 Å². The molecule has 0 aliphatic carbocycles. The molecule has 5 nitrogen and oxygen atoms in total. The van der Waals surface area contributed by atoms with E-state index < -0.39 is 0 Å². The molecule has 0 saturated heterocycles. The Morgan fingerprint density at radius 3 is 2.93 bits per heavy atom. The van der Waals surface area contributed by atoms with Gasteiger partial charge in [0, 0.05) is 24.8 Å². The molecule has 1 unspecified atom stereocenters. The van der Waals surface area contributed by atoms with Crippen LogP contribution in [-0.4, -0.2) is 28.3 Å². The summed E-state index contributed by atoms with van der Waals surface area (Å²) in [7, 11) is 1.92. The van der Waals surface area contributed by atoms with Gasteiger partial charge in [-0.25, -0.2) is 0 Å². The lowest BCUT2D eigenvalue weighted by molar-refractivity contribution is 0.724. The van der Waals surface area contributed by atoms with E-state index in [1.807, 2.05) is 24.7 Å². The number of hydrogen-bond donors (Lipinski definition) is 2. The van der Waals surface area contributed by atoms with Gasteiger partial charge in [-0.15, -0.1) is 0 Å². The monoisotopic (exact) mass is 193 g/mol. The maximum atomic E-state index is 4.30. The number of rotatable bonds is 1. The van der Waals surface area contributed by atoms with Gasteiger partial charge < -0.3 is 10.6 Å². The lowest BCUT2D eigenvalue weighted by Gasteiger charge is -2.05. The number of hydrogen-bond acceptors (Lipinski definition) is 4. The summed E-state index contributed by atoms with van der Waals surface area (Å²) in [6, 6.07) is 2.41. The molecule has 1 atom stereocenters. The molecular formula is C9H15N5. The van der Waals surface area contributed by atoms with Gasteiger partial charge in [0.2, 0.25) is 0 Å². The maximum Gasteiger partial charge on any atom is 0.197 e. The highest BCUT2D eigenvalue weighted by atomic mass is 15.3. The zero-order valence-corrected chi connectivity index (χ0v) is 8.70. The largest absolute Gasteiger partial charge is 0.352 e. The maximum absolute atomic E-state index is 4.30. The van der Waals surface area contributed by atoms with Gasteiger partial charge in [0.25, 0.3) is 0 Å². The van der Waals surface area contributed by atoms with Crippen LogP contribution in [0.3, 0.4) is 0 Å². The SMILES string of the molecule is Cc1cc(NC2=NCC(C)N2)nn1C. The van der Waals surface area contributed by atoms with Crippen LogP contribution in [0.25, 0.3) is 0 Å². The van der Waals surface area contributed by atoms with Gasteiger partial charge in [0.1, 0.15) is 0 Å². The first-order valence-electron chi connectivity index (χ1n) is 4.74. The molecule has 2 rings (SSSR count). The topological polar surface area (TPSA) is 54.2 Å². The van der Waals surface area contributed by atoms with Gasteiger partial charge in [0.05, 0.1) is 6.54 Å². The van der Waals surface area contributed by atoms with Crippen LogP contribution in [0, 0.1) is 6.92 Å². The number of nitrogens with zero attached hydrogens (tertiary/aromatic N) is 3. The standard InChI is InChI=1S/C9H15N5/c1-6-5-10-9(11-6)12-8-4-7(2)14(3)13-8/h4,6H,5H2,1-3H3,(H2,10,11,12,13). The highest BCUT2D eigenvalue weighted by Gasteiger charge is 2.13. The molecular weight excluding hydrogens is 178 g/mol. The van der Waals surface area contributed by atoms with E-state index in [1.54, 1.807) is 0 Å². The zero-order valence-electron chi connectivity index (χ0n) is 8.70. The third-order valence-corrected chi connectivity index (χ3v) is 2.27. The van der Waals surface area contributed by atoms with E-state index in [4.69, 9.17) is 0 Å². The molecule has 2 N–H and O–H groups in total. The van der Waals surface area contributed by atoms with Gasteiger partial charge in [-0.05, 0) is 13.8 Å². The molecule has 0 aromatic carbocycles. The number of nitrogens with one attached hydrogen (secondary N) is 2. The van der Waals surface area contributed by atoms with Crippen LogP contribution >= 0.6 is 0 Å². The van der Waals surface area contributed by atoms with Crippen molar-refractivity contribution in [3.05, 3.63) is 11.8 Å². The van der Waals surface area contributed by atoms with E-state index >= 15 is 0 Å². The second kappa shape index (κ2) is 3.32. The lowest BCUT2D eigenvalue weighted by Crippen LogP contribution is -2.32. The fraction of sp³-hybridized carbons (Fsp3) is 0.556. The fourth-order valence-corrected chi connectivity index (χ4v) is 1.37. The van der Waals surface area contributed by atoms with Gasteiger partial charge in [-0.1, -0.05) is 0 Å². The summed E-state index contributed by atoms with van der Waals surface area (Å²) in [4.78, 5) is 4.30. The van der Waals surface area contributed by atoms with Gasteiger partial charge in [-0.2, -0.15) is 5.10 Å². The molecule has 1 aliphatic rings. The van der Waals surface area contributed by atoms with Crippen molar-refractivity contribution < 1.29 is 0 Å². The van der Waals surface area contributed by atoms with E-state index in [0.717, 1.165) is 24.0 Å². The third-order valence-electron chi connectivity index (χ3n) is 2.27. The molecule has 0 radical (unpaired) electrons. The fourth-order valence-electron chi connectivity index (χ4n) is 1.37. The quantitative estimate of drug-likeness (QED) is 0.682. The number of aliphatic imine (C=N–C) groups is 1. The van der Waals surface area contributed by atoms with Crippen LogP contribution in [0.4, 0.5) is 5.82 Å². The zero-order chi connectivity index (χ0) is 10.1. The van der Waals surface area contributed by atoms with Crippen LogP contribution in [0.2, 0.25) is 0 Å². The minimum absolute atomic E-state index is 0.419. The average molecular weight is 193 g/mol. The van der Waals surface area contributed by atoms with Crippen LogP contribution in [0.15, 0.2) is 11.1 Å². The Morgan fingerprint density at radius 2 is 2.43 bits per heavy atom. The Labute approximate surface area is 83.2 Å². The van der Waals surface area contributed by atoms with Crippen molar-refractivity contribution in [3.63, 3.8) is 0 Å². The highest BCUT2D eigenvalue weighted by molar-refractivity contribution is 5.94. The molecule has 0 bridgehead atoms. The van der Waals surface area contributed by atoms with Crippen molar-refractivity contribution in [1.82, 2.24) is 15.1 Å². The number of guanidine groups is 1. The molecule has 5 heteroatoms. The second-order valence-electron chi connectivity index (χ2n) is 3.65. The van der Waals surface area contributed by atoms with E-state index in [9.17, 15) is 0 Å². The summed E-state index contributed by atoms with van der Waals surface area (Å²) in [6.07, 6.45) is 0. The van der Waals surface area contributed by atoms with Crippen molar-refractivity contribution in [2.24, 2.45) is 12.0 Å². The first kappa shape index (κ1) is 9.05. The Bertz CT molecular complexity index is 346. The normalized spacial score (nSPS) is 20.5. The Morgan fingerprint density at radius 1 is 1.64 bits per heavy atom. The number of aryl methyl sites for hydroxylation is 2. The molecule has 0 fully saturated rings. The summed E-state index contributed by atoms with van der Waals surface area (Å²) in [5, 5.41) is 10.6. The summed E-state index contributed by atoms with van der Waals surface area (Å²) in [5.74, 6) is 1.65. The average Bonchev–Trinajstić information content (AvgIpc) is 2.62. The number of aromatic nitrogens is 2. The molecule has 1 aliphatic heterocycles. The van der Waals surface area contributed by atoms with Crippen molar-refractivity contribution in [2.45, 2.75) is 19.9 Å². The van der Waals surface area contributed by atoms with Crippen LogP contribution < -0.4 is 10.6 Å². The van der Waals surface area contributed by atoms with Gasteiger partial charge in [-0.3, -0.25) is 9.67 Å². The lowest BCUT2D eigenvalue weighted by atomic mass is 10.4. The Hall–Kier alpha value is -1.52. The molecule has 76 valence electrons. The first-order valence-corrected chi connectivity index (χ1v) is 4.74. The Kier molecular flexibility index (Phi) is 2.15. The van der Waals surface area contributed by atoms with E-state index in [1.165, 1.54) is 0 Å². The molecule has 0 spiro atoms. The molecule has 14 heavy (non-hydrogen) atoms. The third kappa shape index (κ3) is 1.71. The minimum Gasteiger partial charge on any atom is -0.352 e. The second-order valence-corrected chi connectivity index (χ2v) is 3.65. The van der Waals surface area contributed by atoms with Gasteiger partial charge >= 0.3 is 0 Å². The van der Waals surface area contributed by atoms with Crippen molar-refractivity contribution >= 4 is 11.8 Å². The summed E-state index contributed by atoms with van der Waals surface area (Å²) in [5.41, 5.74) is 1.12. The highest BCUT2D eigenvalue weighted by Crippen LogP contribution is 2.07. The van der Waals surface area contributed by atoms with Crippen LogP contribution in [0.5, 0.6) is 0 Å². The summed E-state index contributed by atoms with van der Waals surface area (Å²) >= 11 is 0. The van der Waals surface area contributed by atoms with Crippen LogP contribution in [0.1, 0.15) is 12.6 Å². The smallest absolute Gasteiger partial charge is 0.197 e. The molecule has 2 heterocycles. The molecule has 1 aromatic heterocycles.